The highest BCUT2D eigenvalue weighted by atomic mass is 16.4. The predicted molar refractivity (Wildman–Crippen MR) is 90.2 cm³/mol. The maximum absolute atomic E-state index is 10.7. The van der Waals surface area contributed by atoms with Crippen molar-refractivity contribution in [2.24, 2.45) is 0 Å². The minimum absolute atomic E-state index is 0.0258. The first kappa shape index (κ1) is 14.6. The van der Waals surface area contributed by atoms with Gasteiger partial charge in [-0.1, -0.05) is 29.5 Å². The standard InChI is InChI=1S/C19H17N3O2/c23-19(24)10-13-4-8-17(9-5-13)22-12-18(20-21-22)16-7-6-14-2-1-3-15(14)11-16/h4-9,11-12H,1-3,10H2,(H,23,24). The van der Waals surface area contributed by atoms with Crippen molar-refractivity contribution in [1.82, 2.24) is 15.0 Å². The van der Waals surface area contributed by atoms with E-state index in [1.54, 1.807) is 16.8 Å². The molecule has 0 atom stereocenters. The van der Waals surface area contributed by atoms with Crippen LogP contribution in [-0.4, -0.2) is 26.1 Å². The maximum Gasteiger partial charge on any atom is 0.307 e. The van der Waals surface area contributed by atoms with E-state index in [-0.39, 0.29) is 6.42 Å². The summed E-state index contributed by atoms with van der Waals surface area (Å²) in [6, 6.07) is 13.8. The van der Waals surface area contributed by atoms with E-state index in [0.717, 1.165) is 28.9 Å². The molecule has 0 bridgehead atoms. The van der Waals surface area contributed by atoms with E-state index in [1.165, 1.54) is 24.0 Å². The van der Waals surface area contributed by atoms with E-state index < -0.39 is 5.97 Å². The highest BCUT2D eigenvalue weighted by Gasteiger charge is 2.13. The highest BCUT2D eigenvalue weighted by Crippen LogP contribution is 2.27. The molecule has 24 heavy (non-hydrogen) atoms. The summed E-state index contributed by atoms with van der Waals surface area (Å²) in [5.74, 6) is -0.831. The Labute approximate surface area is 139 Å². The van der Waals surface area contributed by atoms with E-state index in [2.05, 4.69) is 28.5 Å². The summed E-state index contributed by atoms with van der Waals surface area (Å²) in [7, 11) is 0. The predicted octanol–water partition coefficient (Wildman–Crippen LogP) is 3.05. The van der Waals surface area contributed by atoms with Crippen molar-refractivity contribution in [3.63, 3.8) is 0 Å². The van der Waals surface area contributed by atoms with Crippen LogP contribution in [0.5, 0.6) is 0 Å². The number of aromatic nitrogens is 3. The lowest BCUT2D eigenvalue weighted by atomic mass is 10.0. The second kappa shape index (κ2) is 5.92. The van der Waals surface area contributed by atoms with Crippen LogP contribution in [0.15, 0.2) is 48.7 Å². The van der Waals surface area contributed by atoms with Gasteiger partial charge < -0.3 is 5.11 Å². The van der Waals surface area contributed by atoms with E-state index >= 15 is 0 Å². The van der Waals surface area contributed by atoms with Crippen LogP contribution in [0.4, 0.5) is 0 Å². The molecular formula is C19H17N3O2. The lowest BCUT2D eigenvalue weighted by molar-refractivity contribution is -0.136. The quantitative estimate of drug-likeness (QED) is 0.802. The van der Waals surface area contributed by atoms with Crippen molar-refractivity contribution in [3.05, 3.63) is 65.4 Å². The van der Waals surface area contributed by atoms with Crippen LogP contribution in [0, 0.1) is 0 Å². The van der Waals surface area contributed by atoms with Crippen molar-refractivity contribution < 1.29 is 9.90 Å². The molecule has 0 spiro atoms. The zero-order chi connectivity index (χ0) is 16.5. The first-order valence-electron chi connectivity index (χ1n) is 8.05. The normalized spacial score (nSPS) is 13.0. The van der Waals surface area contributed by atoms with E-state index in [9.17, 15) is 4.79 Å². The first-order chi connectivity index (χ1) is 11.7. The number of carboxylic acid groups (broad SMARTS) is 1. The summed E-state index contributed by atoms with van der Waals surface area (Å²) in [5, 5.41) is 17.3. The van der Waals surface area contributed by atoms with Crippen molar-refractivity contribution in [2.75, 3.05) is 0 Å². The van der Waals surface area contributed by atoms with Gasteiger partial charge in [-0.3, -0.25) is 4.79 Å². The Bertz CT molecular complexity index is 897. The van der Waals surface area contributed by atoms with Crippen LogP contribution in [-0.2, 0) is 24.1 Å². The molecule has 4 rings (SSSR count). The fourth-order valence-electron chi connectivity index (χ4n) is 3.19. The third-order valence-electron chi connectivity index (χ3n) is 4.44. The van der Waals surface area contributed by atoms with Crippen molar-refractivity contribution in [1.29, 1.82) is 0 Å². The van der Waals surface area contributed by atoms with Gasteiger partial charge in [-0.25, -0.2) is 4.68 Å². The van der Waals surface area contributed by atoms with Gasteiger partial charge in [0.1, 0.15) is 5.69 Å². The summed E-state index contributed by atoms with van der Waals surface area (Å²) >= 11 is 0. The summed E-state index contributed by atoms with van der Waals surface area (Å²) in [4.78, 5) is 10.7. The smallest absolute Gasteiger partial charge is 0.307 e. The summed E-state index contributed by atoms with van der Waals surface area (Å²) in [5.41, 5.74) is 6.43. The number of carbonyl (C=O) groups is 1. The third kappa shape index (κ3) is 2.80. The van der Waals surface area contributed by atoms with Crippen molar-refractivity contribution in [3.8, 4) is 16.9 Å². The summed E-state index contributed by atoms with van der Waals surface area (Å²) < 4.78 is 1.72. The van der Waals surface area contributed by atoms with Crippen LogP contribution in [0.3, 0.4) is 0 Å². The Morgan fingerprint density at radius 2 is 1.88 bits per heavy atom. The molecule has 2 aromatic carbocycles. The molecule has 5 nitrogen and oxygen atoms in total. The van der Waals surface area contributed by atoms with Crippen molar-refractivity contribution in [2.45, 2.75) is 25.7 Å². The number of rotatable bonds is 4. The number of hydrogen-bond donors (Lipinski definition) is 1. The van der Waals surface area contributed by atoms with Gasteiger partial charge in [0.15, 0.2) is 0 Å². The Morgan fingerprint density at radius 3 is 2.67 bits per heavy atom. The minimum Gasteiger partial charge on any atom is -0.481 e. The lowest BCUT2D eigenvalue weighted by Gasteiger charge is -2.02. The number of fused-ring (bicyclic) bond motifs is 1. The molecule has 1 aromatic heterocycles. The molecule has 120 valence electrons. The highest BCUT2D eigenvalue weighted by molar-refractivity contribution is 5.70. The van der Waals surface area contributed by atoms with Gasteiger partial charge in [0.25, 0.3) is 0 Å². The number of benzene rings is 2. The number of hydrogen-bond acceptors (Lipinski definition) is 3. The molecule has 1 aliphatic carbocycles. The van der Waals surface area contributed by atoms with Crippen LogP contribution in [0.2, 0.25) is 0 Å². The molecule has 0 aliphatic heterocycles. The number of nitrogens with zero attached hydrogens (tertiary/aromatic N) is 3. The molecule has 1 heterocycles. The van der Waals surface area contributed by atoms with Gasteiger partial charge in [-0.05, 0) is 54.2 Å². The first-order valence-corrected chi connectivity index (χ1v) is 8.05. The Balaban J connectivity index is 1.59. The molecule has 1 aliphatic rings. The van der Waals surface area contributed by atoms with Gasteiger partial charge in [-0.15, -0.1) is 5.10 Å². The summed E-state index contributed by atoms with van der Waals surface area (Å²) in [6.07, 6.45) is 5.47. The fourth-order valence-corrected chi connectivity index (χ4v) is 3.19. The molecule has 0 amide bonds. The monoisotopic (exact) mass is 319 g/mol. The maximum atomic E-state index is 10.7. The average molecular weight is 319 g/mol. The van der Waals surface area contributed by atoms with Gasteiger partial charge in [-0.2, -0.15) is 0 Å². The van der Waals surface area contributed by atoms with Crippen LogP contribution in [0.1, 0.15) is 23.1 Å². The van der Waals surface area contributed by atoms with Gasteiger partial charge in [0.05, 0.1) is 18.3 Å². The van der Waals surface area contributed by atoms with Gasteiger partial charge >= 0.3 is 5.97 Å². The summed E-state index contributed by atoms with van der Waals surface area (Å²) in [6.45, 7) is 0. The largest absolute Gasteiger partial charge is 0.481 e. The molecule has 3 aromatic rings. The van der Waals surface area contributed by atoms with E-state index in [0.29, 0.717) is 0 Å². The molecule has 0 saturated heterocycles. The molecule has 1 N–H and O–H groups in total. The molecular weight excluding hydrogens is 302 g/mol. The topological polar surface area (TPSA) is 68.0 Å². The van der Waals surface area contributed by atoms with Crippen LogP contribution in [0.25, 0.3) is 16.9 Å². The van der Waals surface area contributed by atoms with Gasteiger partial charge in [0, 0.05) is 5.56 Å². The molecule has 5 heteroatoms. The number of carboxylic acids is 1. The second-order valence-electron chi connectivity index (χ2n) is 6.12. The third-order valence-corrected chi connectivity index (χ3v) is 4.44. The van der Waals surface area contributed by atoms with Gasteiger partial charge in [0.2, 0.25) is 0 Å². The molecule has 0 fully saturated rings. The zero-order valence-electron chi connectivity index (χ0n) is 13.1. The molecule has 0 radical (unpaired) electrons. The second-order valence-corrected chi connectivity index (χ2v) is 6.12. The van der Waals surface area contributed by atoms with Crippen molar-refractivity contribution >= 4 is 5.97 Å². The minimum atomic E-state index is -0.831. The van der Waals surface area contributed by atoms with E-state index in [4.69, 9.17) is 5.11 Å². The number of aryl methyl sites for hydroxylation is 2. The Hall–Kier alpha value is -2.95. The molecule has 0 unspecified atom stereocenters. The average Bonchev–Trinajstić information content (AvgIpc) is 3.23. The lowest BCUT2D eigenvalue weighted by Crippen LogP contribution is -2.00. The Kier molecular flexibility index (Phi) is 3.61. The zero-order valence-corrected chi connectivity index (χ0v) is 13.1. The number of aliphatic carboxylic acids is 1. The van der Waals surface area contributed by atoms with Crippen LogP contribution >= 0.6 is 0 Å². The van der Waals surface area contributed by atoms with E-state index in [1.807, 2.05) is 18.3 Å². The van der Waals surface area contributed by atoms with Crippen LogP contribution < -0.4 is 0 Å². The SMILES string of the molecule is O=C(O)Cc1ccc(-n2cc(-c3ccc4c(c3)CCC4)nn2)cc1. The Morgan fingerprint density at radius 1 is 1.08 bits per heavy atom. The fraction of sp³-hybridized carbons (Fsp3) is 0.211. The molecule has 0 saturated carbocycles.